The van der Waals surface area contributed by atoms with E-state index in [4.69, 9.17) is 5.11 Å². The lowest BCUT2D eigenvalue weighted by atomic mass is 10.1. The largest absolute Gasteiger partial charge is 0.396 e. The van der Waals surface area contributed by atoms with Crippen molar-refractivity contribution in [3.05, 3.63) is 47.8 Å². The Labute approximate surface area is 88.7 Å². The van der Waals surface area contributed by atoms with Crippen molar-refractivity contribution in [2.75, 3.05) is 6.61 Å². The second kappa shape index (κ2) is 5.63. The Hall–Kier alpha value is -1.19. The summed E-state index contributed by atoms with van der Waals surface area (Å²) in [5.74, 6) is -0.911. The number of aliphatic hydroxyl groups is 2. The SMILES string of the molecule is C[C@H](/C=C(\F)[C@H](O)c1ccccc1)CO. The Morgan fingerprint density at radius 2 is 2.00 bits per heavy atom. The zero-order chi connectivity index (χ0) is 11.3. The summed E-state index contributed by atoms with van der Waals surface area (Å²) < 4.78 is 13.4. The predicted molar refractivity (Wildman–Crippen MR) is 56.8 cm³/mol. The van der Waals surface area contributed by atoms with Crippen LogP contribution in [0.25, 0.3) is 0 Å². The fourth-order valence-electron chi connectivity index (χ4n) is 1.21. The Bertz CT molecular complexity index is 322. The minimum atomic E-state index is -1.24. The molecule has 0 radical (unpaired) electrons. The van der Waals surface area contributed by atoms with Crippen molar-refractivity contribution in [1.29, 1.82) is 0 Å². The molecule has 15 heavy (non-hydrogen) atoms. The van der Waals surface area contributed by atoms with Crippen LogP contribution in [0.5, 0.6) is 0 Å². The Morgan fingerprint density at radius 1 is 1.40 bits per heavy atom. The summed E-state index contributed by atoms with van der Waals surface area (Å²) in [6.07, 6.45) is -0.00213. The molecule has 1 aromatic rings. The quantitative estimate of drug-likeness (QED) is 0.799. The maximum absolute atomic E-state index is 13.4. The van der Waals surface area contributed by atoms with Crippen LogP contribution in [-0.4, -0.2) is 16.8 Å². The third-order valence-electron chi connectivity index (χ3n) is 2.11. The molecular weight excluding hydrogens is 195 g/mol. The van der Waals surface area contributed by atoms with Crippen molar-refractivity contribution in [1.82, 2.24) is 0 Å². The van der Waals surface area contributed by atoms with E-state index in [-0.39, 0.29) is 12.5 Å². The first-order valence-electron chi connectivity index (χ1n) is 4.86. The fourth-order valence-corrected chi connectivity index (χ4v) is 1.21. The molecule has 0 amide bonds. The summed E-state index contributed by atoms with van der Waals surface area (Å²) in [5, 5.41) is 18.4. The van der Waals surface area contributed by atoms with E-state index in [0.717, 1.165) is 0 Å². The average Bonchev–Trinajstić information content (AvgIpc) is 2.29. The van der Waals surface area contributed by atoms with Crippen LogP contribution in [0.1, 0.15) is 18.6 Å². The van der Waals surface area contributed by atoms with Crippen molar-refractivity contribution in [2.45, 2.75) is 13.0 Å². The van der Waals surface area contributed by atoms with Crippen LogP contribution >= 0.6 is 0 Å². The molecule has 0 saturated heterocycles. The van der Waals surface area contributed by atoms with Crippen molar-refractivity contribution in [3.63, 3.8) is 0 Å². The second-order valence-electron chi connectivity index (χ2n) is 3.52. The molecule has 0 aliphatic rings. The number of rotatable bonds is 4. The molecule has 0 unspecified atom stereocenters. The first kappa shape index (κ1) is 11.9. The molecule has 0 heterocycles. The van der Waals surface area contributed by atoms with E-state index in [2.05, 4.69) is 0 Å². The van der Waals surface area contributed by atoms with Gasteiger partial charge >= 0.3 is 0 Å². The molecule has 2 nitrogen and oxygen atoms in total. The highest BCUT2D eigenvalue weighted by atomic mass is 19.1. The van der Waals surface area contributed by atoms with Crippen LogP contribution in [0.4, 0.5) is 4.39 Å². The Kier molecular flexibility index (Phi) is 4.46. The third kappa shape index (κ3) is 3.46. The molecule has 0 bridgehead atoms. The van der Waals surface area contributed by atoms with Gasteiger partial charge in [-0.05, 0) is 11.6 Å². The summed E-state index contributed by atoms with van der Waals surface area (Å²) in [7, 11) is 0. The van der Waals surface area contributed by atoms with Crippen LogP contribution in [0.2, 0.25) is 0 Å². The van der Waals surface area contributed by atoms with Crippen molar-refractivity contribution in [2.24, 2.45) is 5.92 Å². The van der Waals surface area contributed by atoms with Gasteiger partial charge in [0.25, 0.3) is 0 Å². The van der Waals surface area contributed by atoms with Crippen LogP contribution in [0.3, 0.4) is 0 Å². The molecule has 2 atom stereocenters. The highest BCUT2D eigenvalue weighted by molar-refractivity contribution is 5.23. The van der Waals surface area contributed by atoms with Gasteiger partial charge in [-0.1, -0.05) is 37.3 Å². The number of hydrogen-bond donors (Lipinski definition) is 2. The summed E-state index contributed by atoms with van der Waals surface area (Å²) in [6.45, 7) is 1.55. The third-order valence-corrected chi connectivity index (χ3v) is 2.11. The minimum absolute atomic E-state index is 0.130. The summed E-state index contributed by atoms with van der Waals surface area (Å²) in [4.78, 5) is 0. The van der Waals surface area contributed by atoms with Crippen molar-refractivity contribution in [3.8, 4) is 0 Å². The van der Waals surface area contributed by atoms with Gasteiger partial charge in [0, 0.05) is 12.5 Å². The molecule has 0 fully saturated rings. The van der Waals surface area contributed by atoms with Gasteiger partial charge in [-0.2, -0.15) is 0 Å². The normalized spacial score (nSPS) is 16.1. The lowest BCUT2D eigenvalue weighted by molar-refractivity contribution is 0.182. The molecule has 0 aliphatic heterocycles. The van der Waals surface area contributed by atoms with Crippen LogP contribution < -0.4 is 0 Å². The monoisotopic (exact) mass is 210 g/mol. The lowest BCUT2D eigenvalue weighted by Crippen LogP contribution is -2.02. The molecule has 1 rings (SSSR count). The highest BCUT2D eigenvalue weighted by Crippen LogP contribution is 2.23. The molecule has 0 aromatic heterocycles. The Balaban J connectivity index is 2.77. The number of aliphatic hydroxyl groups excluding tert-OH is 2. The zero-order valence-corrected chi connectivity index (χ0v) is 8.60. The van der Waals surface area contributed by atoms with Gasteiger partial charge in [0.1, 0.15) is 11.9 Å². The summed E-state index contributed by atoms with van der Waals surface area (Å²) in [6, 6.07) is 8.58. The van der Waals surface area contributed by atoms with E-state index in [1.165, 1.54) is 6.08 Å². The molecule has 0 saturated carbocycles. The lowest BCUT2D eigenvalue weighted by Gasteiger charge is -2.10. The smallest absolute Gasteiger partial charge is 0.130 e. The molecule has 3 heteroatoms. The first-order valence-corrected chi connectivity index (χ1v) is 4.86. The summed E-state index contributed by atoms with van der Waals surface area (Å²) >= 11 is 0. The molecule has 0 aliphatic carbocycles. The van der Waals surface area contributed by atoms with E-state index in [1.807, 2.05) is 0 Å². The van der Waals surface area contributed by atoms with E-state index in [9.17, 15) is 9.50 Å². The fraction of sp³-hybridized carbons (Fsp3) is 0.333. The van der Waals surface area contributed by atoms with E-state index >= 15 is 0 Å². The van der Waals surface area contributed by atoms with Gasteiger partial charge < -0.3 is 10.2 Å². The van der Waals surface area contributed by atoms with Gasteiger partial charge in [0.15, 0.2) is 0 Å². The van der Waals surface area contributed by atoms with Gasteiger partial charge in [-0.25, -0.2) is 4.39 Å². The zero-order valence-electron chi connectivity index (χ0n) is 8.60. The van der Waals surface area contributed by atoms with Crippen molar-refractivity contribution < 1.29 is 14.6 Å². The second-order valence-corrected chi connectivity index (χ2v) is 3.52. The number of hydrogen-bond acceptors (Lipinski definition) is 2. The van der Waals surface area contributed by atoms with Crippen LogP contribution in [0, 0.1) is 5.92 Å². The van der Waals surface area contributed by atoms with E-state index in [1.54, 1.807) is 37.3 Å². The van der Waals surface area contributed by atoms with Gasteiger partial charge in [-0.3, -0.25) is 0 Å². The first-order chi connectivity index (χ1) is 7.15. The molecule has 0 spiro atoms. The molecule has 1 aromatic carbocycles. The van der Waals surface area contributed by atoms with Crippen molar-refractivity contribution >= 4 is 0 Å². The van der Waals surface area contributed by atoms with Gasteiger partial charge in [-0.15, -0.1) is 0 Å². The standard InChI is InChI=1S/C12H15FO2/c1-9(8-14)7-11(13)12(15)10-5-3-2-4-6-10/h2-7,9,12,14-15H,8H2,1H3/b11-7-/t9-,12-/m1/s1. The maximum atomic E-state index is 13.4. The van der Waals surface area contributed by atoms with Gasteiger partial charge in [0.05, 0.1) is 0 Å². The number of halogens is 1. The number of benzene rings is 1. The van der Waals surface area contributed by atoms with E-state index < -0.39 is 11.9 Å². The van der Waals surface area contributed by atoms with E-state index in [0.29, 0.717) is 5.56 Å². The predicted octanol–water partition coefficient (Wildman–Crippen LogP) is 2.20. The summed E-state index contributed by atoms with van der Waals surface area (Å²) in [5.41, 5.74) is 0.511. The topological polar surface area (TPSA) is 40.5 Å². The minimum Gasteiger partial charge on any atom is -0.396 e. The molecular formula is C12H15FO2. The maximum Gasteiger partial charge on any atom is 0.130 e. The highest BCUT2D eigenvalue weighted by Gasteiger charge is 2.13. The molecule has 2 N–H and O–H groups in total. The van der Waals surface area contributed by atoms with Crippen LogP contribution in [-0.2, 0) is 0 Å². The molecule has 82 valence electrons. The van der Waals surface area contributed by atoms with Gasteiger partial charge in [0.2, 0.25) is 0 Å². The van der Waals surface area contributed by atoms with Crippen LogP contribution in [0.15, 0.2) is 42.2 Å². The Morgan fingerprint density at radius 3 is 2.53 bits per heavy atom. The average molecular weight is 210 g/mol.